The molecule has 5 aromatic rings. The lowest BCUT2D eigenvalue weighted by Crippen LogP contribution is -2.35. The zero-order valence-electron chi connectivity index (χ0n) is 22.4. The van der Waals surface area contributed by atoms with Gasteiger partial charge in [0.1, 0.15) is 22.7 Å². The highest BCUT2D eigenvalue weighted by atomic mass is 19.1. The van der Waals surface area contributed by atoms with Crippen LogP contribution in [0, 0.1) is 24.6 Å². The highest BCUT2D eigenvalue weighted by Gasteiger charge is 2.21. The Morgan fingerprint density at radius 2 is 1.90 bits per heavy atom. The van der Waals surface area contributed by atoms with Gasteiger partial charge in [0.25, 0.3) is 11.5 Å². The van der Waals surface area contributed by atoms with Gasteiger partial charge in [-0.15, -0.1) is 0 Å². The van der Waals surface area contributed by atoms with Gasteiger partial charge in [0.2, 0.25) is 0 Å². The van der Waals surface area contributed by atoms with Gasteiger partial charge in [0.15, 0.2) is 0 Å². The third kappa shape index (κ3) is 4.85. The van der Waals surface area contributed by atoms with E-state index in [-0.39, 0.29) is 18.0 Å². The summed E-state index contributed by atoms with van der Waals surface area (Å²) in [6.07, 6.45) is 1.91. The van der Waals surface area contributed by atoms with Gasteiger partial charge in [-0.05, 0) is 68.8 Å². The second-order valence-electron chi connectivity index (χ2n) is 9.86. The van der Waals surface area contributed by atoms with E-state index in [1.807, 2.05) is 25.1 Å². The van der Waals surface area contributed by atoms with Crippen LogP contribution in [0.2, 0.25) is 0 Å². The molecule has 202 valence electrons. The maximum atomic E-state index is 14.0. The Balaban J connectivity index is 1.58. The second-order valence-corrected chi connectivity index (χ2v) is 9.86. The number of aliphatic hydroxyl groups excluding tert-OH is 1. The third-order valence-corrected chi connectivity index (χ3v) is 6.90. The number of primary amides is 1. The van der Waals surface area contributed by atoms with Crippen molar-refractivity contribution in [3.05, 3.63) is 105 Å². The number of nitrogens with zero attached hydrogens (tertiary/aromatic N) is 4. The smallest absolute Gasteiger partial charge is 0.264 e. The predicted molar refractivity (Wildman–Crippen MR) is 152 cm³/mol. The number of fused-ring (bicyclic) bond motifs is 3. The van der Waals surface area contributed by atoms with Gasteiger partial charge in [0.05, 0.1) is 29.9 Å². The standard InChI is InChI=1S/C31H28FN5O3/c1-18(2)36-19(3)35-27-16-34-26-13-10-20(14-25(26)29(27)36)6-4-9-23-11-12-24(30(33)39)31(40)37(23)28(17-38)21-7-5-8-22(32)15-21/h5,7-8,10-16,18,28,38H,9,17H2,1-3H3,(H2,33,39)/t28-/m0/s1. The summed E-state index contributed by atoms with van der Waals surface area (Å²) < 4.78 is 17.4. The molecular formula is C31H28FN5O3. The molecule has 0 unspecified atom stereocenters. The summed E-state index contributed by atoms with van der Waals surface area (Å²) in [6, 6.07) is 13.6. The minimum atomic E-state index is -0.932. The molecule has 0 spiro atoms. The maximum absolute atomic E-state index is 14.0. The molecule has 3 aromatic heterocycles. The van der Waals surface area contributed by atoms with Crippen molar-refractivity contribution in [2.75, 3.05) is 6.61 Å². The maximum Gasteiger partial charge on any atom is 0.264 e. The Morgan fingerprint density at radius 3 is 2.60 bits per heavy atom. The van der Waals surface area contributed by atoms with Crippen molar-refractivity contribution in [2.24, 2.45) is 5.73 Å². The van der Waals surface area contributed by atoms with Crippen LogP contribution in [0.1, 0.15) is 58.9 Å². The molecule has 5 rings (SSSR count). The first kappa shape index (κ1) is 26.8. The molecular weight excluding hydrogens is 509 g/mol. The lowest BCUT2D eigenvalue weighted by Gasteiger charge is -2.22. The number of nitrogens with two attached hydrogens (primary N) is 1. The summed E-state index contributed by atoms with van der Waals surface area (Å²) in [5.41, 5.74) is 8.74. The molecule has 3 heterocycles. The zero-order valence-corrected chi connectivity index (χ0v) is 22.4. The Labute approximate surface area is 229 Å². The molecule has 0 aliphatic carbocycles. The normalized spacial score (nSPS) is 12.1. The number of amides is 1. The van der Waals surface area contributed by atoms with Gasteiger partial charge in [0, 0.05) is 29.1 Å². The van der Waals surface area contributed by atoms with E-state index in [2.05, 4.69) is 40.2 Å². The molecule has 0 radical (unpaired) electrons. The lowest BCUT2D eigenvalue weighted by atomic mass is 10.0. The number of hydrogen-bond acceptors (Lipinski definition) is 5. The van der Waals surface area contributed by atoms with E-state index in [4.69, 9.17) is 5.73 Å². The number of carbonyl (C=O) groups is 1. The van der Waals surface area contributed by atoms with Crippen molar-refractivity contribution in [1.82, 2.24) is 19.1 Å². The van der Waals surface area contributed by atoms with Crippen LogP contribution in [-0.2, 0) is 6.42 Å². The van der Waals surface area contributed by atoms with Gasteiger partial charge in [-0.2, -0.15) is 0 Å². The van der Waals surface area contributed by atoms with E-state index in [0.29, 0.717) is 11.3 Å². The molecule has 2 aromatic carbocycles. The number of halogens is 1. The van der Waals surface area contributed by atoms with Crippen molar-refractivity contribution in [2.45, 2.75) is 39.3 Å². The van der Waals surface area contributed by atoms with Crippen LogP contribution in [0.15, 0.2) is 65.6 Å². The Kier molecular flexibility index (Phi) is 7.20. The fraction of sp³-hybridized carbons (Fsp3) is 0.226. The molecule has 3 N–H and O–H groups in total. The number of aromatic nitrogens is 4. The number of aliphatic hydroxyl groups is 1. The molecule has 0 fully saturated rings. The first-order valence-electron chi connectivity index (χ1n) is 12.9. The van der Waals surface area contributed by atoms with Gasteiger partial charge >= 0.3 is 0 Å². The number of pyridine rings is 2. The van der Waals surface area contributed by atoms with Crippen LogP contribution in [0.4, 0.5) is 4.39 Å². The first-order valence-corrected chi connectivity index (χ1v) is 12.9. The molecule has 0 saturated carbocycles. The van der Waals surface area contributed by atoms with Gasteiger partial charge in [-0.1, -0.05) is 24.0 Å². The quantitative estimate of drug-likeness (QED) is 0.317. The first-order chi connectivity index (χ1) is 19.2. The van der Waals surface area contributed by atoms with Gasteiger partial charge in [-0.25, -0.2) is 9.37 Å². The van der Waals surface area contributed by atoms with Crippen LogP contribution in [-0.4, -0.2) is 36.7 Å². The number of carbonyl (C=O) groups excluding carboxylic acids is 1. The Hall–Kier alpha value is -4.81. The zero-order chi connectivity index (χ0) is 28.6. The summed E-state index contributed by atoms with van der Waals surface area (Å²) in [5, 5.41) is 11.1. The number of benzene rings is 2. The number of hydrogen-bond donors (Lipinski definition) is 2. The average molecular weight is 538 g/mol. The predicted octanol–water partition coefficient (Wildman–Crippen LogP) is 4.05. The average Bonchev–Trinajstić information content (AvgIpc) is 3.27. The summed E-state index contributed by atoms with van der Waals surface area (Å²) >= 11 is 0. The van der Waals surface area contributed by atoms with Crippen LogP contribution in [0.25, 0.3) is 21.9 Å². The topological polar surface area (TPSA) is 116 Å². The largest absolute Gasteiger partial charge is 0.394 e. The summed E-state index contributed by atoms with van der Waals surface area (Å²) in [6.45, 7) is 5.69. The third-order valence-electron chi connectivity index (χ3n) is 6.90. The Morgan fingerprint density at radius 1 is 1.10 bits per heavy atom. The van der Waals surface area contributed by atoms with Gasteiger partial charge < -0.3 is 20.0 Å². The van der Waals surface area contributed by atoms with E-state index < -0.39 is 29.9 Å². The number of rotatable bonds is 6. The van der Waals surface area contributed by atoms with Crippen molar-refractivity contribution < 1.29 is 14.3 Å². The lowest BCUT2D eigenvalue weighted by molar-refractivity contribution is 0.0997. The van der Waals surface area contributed by atoms with Crippen LogP contribution >= 0.6 is 0 Å². The molecule has 0 aliphatic heterocycles. The molecule has 0 saturated heterocycles. The molecule has 1 amide bonds. The van der Waals surface area contributed by atoms with Crippen LogP contribution in [0.5, 0.6) is 0 Å². The fourth-order valence-electron chi connectivity index (χ4n) is 5.15. The number of imidazole rings is 1. The van der Waals surface area contributed by atoms with Gasteiger partial charge in [-0.3, -0.25) is 14.6 Å². The van der Waals surface area contributed by atoms with Crippen molar-refractivity contribution in [1.29, 1.82) is 0 Å². The molecule has 8 nitrogen and oxygen atoms in total. The molecule has 0 aliphatic rings. The van der Waals surface area contributed by atoms with E-state index >= 15 is 0 Å². The fourth-order valence-corrected chi connectivity index (χ4v) is 5.15. The highest BCUT2D eigenvalue weighted by Crippen LogP contribution is 2.28. The van der Waals surface area contributed by atoms with Crippen LogP contribution in [0.3, 0.4) is 0 Å². The second kappa shape index (κ2) is 10.8. The molecule has 40 heavy (non-hydrogen) atoms. The molecule has 1 atom stereocenters. The Bertz CT molecular complexity index is 1890. The van der Waals surface area contributed by atoms with E-state index in [1.54, 1.807) is 18.3 Å². The monoisotopic (exact) mass is 537 g/mol. The molecule has 9 heteroatoms. The SMILES string of the molecule is Cc1nc2cnc3ccc(C#CCc4ccc(C(N)=O)c(=O)n4[C@@H](CO)c4cccc(F)c4)cc3c2n1C(C)C. The molecule has 0 bridgehead atoms. The van der Waals surface area contributed by atoms with E-state index in [9.17, 15) is 19.1 Å². The summed E-state index contributed by atoms with van der Waals surface area (Å²) in [7, 11) is 0. The summed E-state index contributed by atoms with van der Waals surface area (Å²) in [5.74, 6) is 5.77. The van der Waals surface area contributed by atoms with Crippen molar-refractivity contribution in [3.8, 4) is 11.8 Å². The van der Waals surface area contributed by atoms with E-state index in [0.717, 1.165) is 33.3 Å². The minimum absolute atomic E-state index is 0.129. The van der Waals surface area contributed by atoms with Crippen LogP contribution < -0.4 is 11.3 Å². The number of aryl methyl sites for hydroxylation is 1. The summed E-state index contributed by atoms with van der Waals surface area (Å²) in [4.78, 5) is 34.4. The minimum Gasteiger partial charge on any atom is -0.394 e. The van der Waals surface area contributed by atoms with Crippen molar-refractivity contribution >= 4 is 27.8 Å². The van der Waals surface area contributed by atoms with E-state index in [1.165, 1.54) is 28.8 Å². The van der Waals surface area contributed by atoms with Crippen molar-refractivity contribution in [3.63, 3.8) is 0 Å². The highest BCUT2D eigenvalue weighted by molar-refractivity contribution is 6.03.